The van der Waals surface area contributed by atoms with Crippen LogP contribution in [0.1, 0.15) is 28.5 Å². The predicted octanol–water partition coefficient (Wildman–Crippen LogP) is 3.88. The van der Waals surface area contributed by atoms with E-state index in [4.69, 9.17) is 0 Å². The lowest BCUT2D eigenvalue weighted by molar-refractivity contribution is 0.0695. The summed E-state index contributed by atoms with van der Waals surface area (Å²) >= 11 is 0. The van der Waals surface area contributed by atoms with E-state index in [-0.39, 0.29) is 36.3 Å². The fourth-order valence-corrected chi connectivity index (χ4v) is 4.75. The molecule has 5 rings (SSSR count). The number of carbonyl (C=O) groups is 1. The second-order valence-corrected chi connectivity index (χ2v) is 7.85. The van der Waals surface area contributed by atoms with Crippen LogP contribution in [0, 0.1) is 11.7 Å². The molecule has 6 heteroatoms. The summed E-state index contributed by atoms with van der Waals surface area (Å²) in [5.74, 6) is -0.259. The first-order chi connectivity index (χ1) is 14.7. The number of aliphatic hydroxyl groups excluding tert-OH is 1. The Morgan fingerprint density at radius 2 is 1.93 bits per heavy atom. The molecule has 1 saturated heterocycles. The molecule has 0 radical (unpaired) electrons. The van der Waals surface area contributed by atoms with Crippen molar-refractivity contribution in [2.75, 3.05) is 18.5 Å². The average molecular weight is 403 g/mol. The quantitative estimate of drug-likeness (QED) is 0.697. The van der Waals surface area contributed by atoms with Crippen LogP contribution in [0.15, 0.2) is 66.9 Å². The largest absolute Gasteiger partial charge is 0.394 e. The molecule has 3 heterocycles. The maximum Gasteiger partial charge on any atom is 0.272 e. The molecule has 2 aromatic carbocycles. The van der Waals surface area contributed by atoms with Crippen molar-refractivity contribution in [3.8, 4) is 11.1 Å². The number of hydrogen-bond donors (Lipinski definition) is 2. The molecule has 5 nitrogen and oxygen atoms in total. The number of nitrogens with one attached hydrogen (secondary N) is 1. The highest BCUT2D eigenvalue weighted by Gasteiger charge is 2.46. The normalized spacial score (nSPS) is 22.2. The van der Waals surface area contributed by atoms with Crippen LogP contribution < -0.4 is 5.32 Å². The Labute approximate surface area is 174 Å². The molecule has 0 aliphatic carbocycles. The highest BCUT2D eigenvalue weighted by molar-refractivity contribution is 5.93. The molecule has 2 aliphatic rings. The third kappa shape index (κ3) is 3.13. The molecule has 0 bridgehead atoms. The predicted molar refractivity (Wildman–Crippen MR) is 112 cm³/mol. The van der Waals surface area contributed by atoms with E-state index in [1.54, 1.807) is 30.5 Å². The van der Waals surface area contributed by atoms with Gasteiger partial charge in [-0.1, -0.05) is 24.3 Å². The van der Waals surface area contributed by atoms with Crippen molar-refractivity contribution in [1.29, 1.82) is 0 Å². The molecular weight excluding hydrogens is 381 g/mol. The van der Waals surface area contributed by atoms with Crippen LogP contribution in [0.2, 0.25) is 0 Å². The molecule has 0 unspecified atom stereocenters. The maximum atomic E-state index is 13.4. The molecule has 30 heavy (non-hydrogen) atoms. The van der Waals surface area contributed by atoms with Crippen LogP contribution in [-0.4, -0.2) is 40.1 Å². The van der Waals surface area contributed by atoms with Crippen molar-refractivity contribution in [3.63, 3.8) is 0 Å². The summed E-state index contributed by atoms with van der Waals surface area (Å²) in [4.78, 5) is 19.4. The number of hydrogen-bond acceptors (Lipinski definition) is 4. The lowest BCUT2D eigenvalue weighted by atomic mass is 9.82. The van der Waals surface area contributed by atoms with E-state index in [1.807, 2.05) is 23.1 Å². The minimum absolute atomic E-state index is 0.00589. The number of nitrogens with zero attached hydrogens (tertiary/aromatic N) is 2. The lowest BCUT2D eigenvalue weighted by Gasteiger charge is -2.39. The fourth-order valence-electron chi connectivity index (χ4n) is 4.75. The molecule has 3 atom stereocenters. The Bertz CT molecular complexity index is 1070. The minimum Gasteiger partial charge on any atom is -0.394 e. The molecular formula is C24H22FN3O2. The highest BCUT2D eigenvalue weighted by atomic mass is 19.1. The first-order valence-electron chi connectivity index (χ1n) is 10.1. The van der Waals surface area contributed by atoms with Gasteiger partial charge in [0.1, 0.15) is 11.5 Å². The summed E-state index contributed by atoms with van der Waals surface area (Å²) in [7, 11) is 0. The monoisotopic (exact) mass is 403 g/mol. The van der Waals surface area contributed by atoms with E-state index in [2.05, 4.69) is 16.4 Å². The van der Waals surface area contributed by atoms with E-state index in [9.17, 15) is 14.3 Å². The Kier molecular flexibility index (Phi) is 4.71. The fraction of sp³-hybridized carbons (Fsp3) is 0.250. The number of pyridine rings is 1. The maximum absolute atomic E-state index is 13.4. The zero-order valence-electron chi connectivity index (χ0n) is 16.3. The average Bonchev–Trinajstić information content (AvgIpc) is 3.24. The van der Waals surface area contributed by atoms with Gasteiger partial charge in [0.2, 0.25) is 0 Å². The van der Waals surface area contributed by atoms with Crippen molar-refractivity contribution in [2.45, 2.75) is 18.5 Å². The summed E-state index contributed by atoms with van der Waals surface area (Å²) in [5.41, 5.74) is 4.25. The van der Waals surface area contributed by atoms with E-state index in [0.717, 1.165) is 28.8 Å². The molecule has 152 valence electrons. The molecule has 1 fully saturated rings. The van der Waals surface area contributed by atoms with Gasteiger partial charge in [0.05, 0.1) is 18.7 Å². The molecule has 0 spiro atoms. The third-order valence-electron chi connectivity index (χ3n) is 6.19. The van der Waals surface area contributed by atoms with E-state index in [1.165, 1.54) is 12.1 Å². The summed E-state index contributed by atoms with van der Waals surface area (Å²) in [6.07, 6.45) is 2.43. The van der Waals surface area contributed by atoms with Gasteiger partial charge in [0.25, 0.3) is 5.91 Å². The number of aliphatic hydroxyl groups is 1. The molecule has 2 aliphatic heterocycles. The Hall–Kier alpha value is -3.25. The minimum atomic E-state index is -0.271. The van der Waals surface area contributed by atoms with E-state index in [0.29, 0.717) is 12.2 Å². The molecule has 1 aromatic heterocycles. The smallest absolute Gasteiger partial charge is 0.272 e. The summed E-state index contributed by atoms with van der Waals surface area (Å²) in [6, 6.07) is 17.5. The van der Waals surface area contributed by atoms with Crippen LogP contribution in [0.4, 0.5) is 10.1 Å². The van der Waals surface area contributed by atoms with Gasteiger partial charge in [-0.2, -0.15) is 0 Å². The van der Waals surface area contributed by atoms with Crippen molar-refractivity contribution in [1.82, 2.24) is 9.88 Å². The number of aromatic nitrogens is 1. The number of likely N-dealkylation sites (tertiary alicyclic amines) is 1. The molecule has 1 amide bonds. The zero-order valence-corrected chi connectivity index (χ0v) is 16.3. The van der Waals surface area contributed by atoms with Crippen LogP contribution in [0.25, 0.3) is 11.1 Å². The standard InChI is InChI=1S/C24H22FN3O2/c25-17-7-4-15(5-8-17)16-6-9-20-19(13-16)23-18(22(14-29)27-20)10-12-28(23)24(30)21-3-1-2-11-26-21/h1-9,11,13,18,22-23,27,29H,10,12,14H2/t18-,22-,23-/m0/s1. The van der Waals surface area contributed by atoms with Crippen molar-refractivity contribution >= 4 is 11.6 Å². The van der Waals surface area contributed by atoms with Gasteiger partial charge in [-0.15, -0.1) is 0 Å². The lowest BCUT2D eigenvalue weighted by Crippen LogP contribution is -2.43. The van der Waals surface area contributed by atoms with E-state index < -0.39 is 0 Å². The molecule has 0 saturated carbocycles. The van der Waals surface area contributed by atoms with Crippen molar-refractivity contribution in [3.05, 3.63) is 83.9 Å². The van der Waals surface area contributed by atoms with Crippen molar-refractivity contribution in [2.24, 2.45) is 5.92 Å². The van der Waals surface area contributed by atoms with Gasteiger partial charge in [-0.25, -0.2) is 4.39 Å². The number of halogens is 1. The number of fused-ring (bicyclic) bond motifs is 3. The first-order valence-corrected chi connectivity index (χ1v) is 10.1. The van der Waals surface area contributed by atoms with Gasteiger partial charge in [0.15, 0.2) is 0 Å². The van der Waals surface area contributed by atoms with Gasteiger partial charge < -0.3 is 15.3 Å². The molecule has 2 N–H and O–H groups in total. The highest BCUT2D eigenvalue weighted by Crippen LogP contribution is 2.47. The van der Waals surface area contributed by atoms with Crippen LogP contribution in [-0.2, 0) is 0 Å². The molecule has 3 aromatic rings. The van der Waals surface area contributed by atoms with Crippen molar-refractivity contribution < 1.29 is 14.3 Å². The van der Waals surface area contributed by atoms with Crippen LogP contribution in [0.5, 0.6) is 0 Å². The summed E-state index contributed by atoms with van der Waals surface area (Å²) < 4.78 is 13.4. The number of amides is 1. The van der Waals surface area contributed by atoms with Crippen LogP contribution in [0.3, 0.4) is 0 Å². The van der Waals surface area contributed by atoms with Crippen LogP contribution >= 0.6 is 0 Å². The van der Waals surface area contributed by atoms with Gasteiger partial charge in [-0.3, -0.25) is 9.78 Å². The Morgan fingerprint density at radius 1 is 1.13 bits per heavy atom. The summed E-state index contributed by atoms with van der Waals surface area (Å²) in [6.45, 7) is 0.620. The number of rotatable bonds is 3. The topological polar surface area (TPSA) is 65.5 Å². The number of benzene rings is 2. The second kappa shape index (κ2) is 7.54. The number of anilines is 1. The van der Waals surface area contributed by atoms with Gasteiger partial charge in [0, 0.05) is 24.3 Å². The Balaban J connectivity index is 1.57. The second-order valence-electron chi connectivity index (χ2n) is 7.85. The van der Waals surface area contributed by atoms with Gasteiger partial charge >= 0.3 is 0 Å². The van der Waals surface area contributed by atoms with Gasteiger partial charge in [-0.05, 0) is 59.5 Å². The third-order valence-corrected chi connectivity index (χ3v) is 6.19. The number of carbonyl (C=O) groups excluding carboxylic acids is 1. The summed E-state index contributed by atoms with van der Waals surface area (Å²) in [5, 5.41) is 13.4. The first kappa shape index (κ1) is 18.8. The van der Waals surface area contributed by atoms with E-state index >= 15 is 0 Å². The SMILES string of the molecule is O=C(c1ccccn1)N1CC[C@H]2[C@H](CO)Nc3ccc(-c4ccc(F)cc4)cc3[C@H]21. The Morgan fingerprint density at radius 3 is 2.67 bits per heavy atom. The zero-order chi connectivity index (χ0) is 20.7.